The largest absolute Gasteiger partial charge is 0.310 e. The van der Waals surface area contributed by atoms with Crippen LogP contribution in [-0.4, -0.2) is 6.54 Å². The molecule has 0 fully saturated rings. The summed E-state index contributed by atoms with van der Waals surface area (Å²) in [5.41, 5.74) is 1.90. The van der Waals surface area contributed by atoms with Gasteiger partial charge in [-0.05, 0) is 54.8 Å². The third kappa shape index (κ3) is 4.90. The Hall–Kier alpha value is -0.710. The van der Waals surface area contributed by atoms with Crippen LogP contribution in [0.2, 0.25) is 0 Å². The molecule has 21 heavy (non-hydrogen) atoms. The van der Waals surface area contributed by atoms with Crippen molar-refractivity contribution in [2.45, 2.75) is 25.8 Å². The molecule has 0 heterocycles. The lowest BCUT2D eigenvalue weighted by molar-refractivity contribution is 0.512. The van der Waals surface area contributed by atoms with Gasteiger partial charge in [-0.2, -0.15) is 0 Å². The molecule has 0 aliphatic heterocycles. The van der Waals surface area contributed by atoms with Crippen LogP contribution in [-0.2, 0) is 6.42 Å². The molecular weight excluding hydrogens is 397 g/mol. The molecule has 2 aromatic carbocycles. The van der Waals surface area contributed by atoms with Crippen molar-refractivity contribution >= 4 is 31.9 Å². The van der Waals surface area contributed by atoms with Crippen molar-refractivity contribution in [3.8, 4) is 0 Å². The number of hydrogen-bond acceptors (Lipinski definition) is 1. The van der Waals surface area contributed by atoms with E-state index in [2.05, 4.69) is 56.2 Å². The number of nitrogens with one attached hydrogen (secondary N) is 1. The van der Waals surface area contributed by atoms with Crippen LogP contribution in [0.25, 0.3) is 0 Å². The SMILES string of the molecule is CCCNC(Cc1ccc(Br)cc1F)c1cccc(Br)c1. The Balaban J connectivity index is 2.23. The van der Waals surface area contributed by atoms with Crippen LogP contribution in [0.3, 0.4) is 0 Å². The molecule has 0 saturated heterocycles. The minimum Gasteiger partial charge on any atom is -0.310 e. The summed E-state index contributed by atoms with van der Waals surface area (Å²) in [6, 6.07) is 13.5. The van der Waals surface area contributed by atoms with Gasteiger partial charge in [0.2, 0.25) is 0 Å². The molecule has 1 nitrogen and oxygen atoms in total. The van der Waals surface area contributed by atoms with Gasteiger partial charge in [0.25, 0.3) is 0 Å². The fourth-order valence-electron chi connectivity index (χ4n) is 2.26. The maximum Gasteiger partial charge on any atom is 0.127 e. The smallest absolute Gasteiger partial charge is 0.127 e. The third-order valence-electron chi connectivity index (χ3n) is 3.33. The number of rotatable bonds is 6. The first-order valence-corrected chi connectivity index (χ1v) is 8.61. The molecule has 0 saturated carbocycles. The molecule has 112 valence electrons. The summed E-state index contributed by atoms with van der Waals surface area (Å²) in [6.45, 7) is 3.04. The Bertz CT molecular complexity index is 601. The first kappa shape index (κ1) is 16.7. The van der Waals surface area contributed by atoms with Crippen molar-refractivity contribution in [3.05, 3.63) is 68.4 Å². The summed E-state index contributed by atoms with van der Waals surface area (Å²) in [6.07, 6.45) is 1.68. The fourth-order valence-corrected chi connectivity index (χ4v) is 3.01. The topological polar surface area (TPSA) is 12.0 Å². The van der Waals surface area contributed by atoms with E-state index in [4.69, 9.17) is 0 Å². The van der Waals surface area contributed by atoms with Gasteiger partial charge in [-0.1, -0.05) is 57.0 Å². The molecule has 0 radical (unpaired) electrons. The van der Waals surface area contributed by atoms with Gasteiger partial charge in [0.1, 0.15) is 5.82 Å². The lowest BCUT2D eigenvalue weighted by atomic mass is 9.98. The maximum absolute atomic E-state index is 14.1. The van der Waals surface area contributed by atoms with E-state index in [1.54, 1.807) is 0 Å². The number of benzene rings is 2. The quantitative estimate of drug-likeness (QED) is 0.645. The molecule has 0 spiro atoms. The van der Waals surface area contributed by atoms with Crippen molar-refractivity contribution in [1.82, 2.24) is 5.32 Å². The standard InChI is InChI=1S/C17H18Br2FN/c1-2-8-21-17(13-4-3-5-14(18)9-13)10-12-6-7-15(19)11-16(12)20/h3-7,9,11,17,21H,2,8,10H2,1H3. The molecule has 4 heteroatoms. The van der Waals surface area contributed by atoms with Gasteiger partial charge in [0, 0.05) is 15.0 Å². The Morgan fingerprint density at radius 2 is 1.86 bits per heavy atom. The van der Waals surface area contributed by atoms with Crippen LogP contribution < -0.4 is 5.32 Å². The van der Waals surface area contributed by atoms with Gasteiger partial charge in [0.15, 0.2) is 0 Å². The van der Waals surface area contributed by atoms with Crippen LogP contribution >= 0.6 is 31.9 Å². The Kier molecular flexibility index (Phi) is 6.40. The second kappa shape index (κ2) is 8.06. The maximum atomic E-state index is 14.1. The van der Waals surface area contributed by atoms with Gasteiger partial charge in [-0.25, -0.2) is 4.39 Å². The van der Waals surface area contributed by atoms with Crippen molar-refractivity contribution in [1.29, 1.82) is 0 Å². The van der Waals surface area contributed by atoms with Crippen molar-refractivity contribution in [2.24, 2.45) is 0 Å². The molecule has 0 bridgehead atoms. The van der Waals surface area contributed by atoms with E-state index in [1.807, 2.05) is 24.3 Å². The molecule has 1 N–H and O–H groups in total. The highest BCUT2D eigenvalue weighted by Gasteiger charge is 2.14. The molecule has 1 unspecified atom stereocenters. The van der Waals surface area contributed by atoms with Gasteiger partial charge in [-0.3, -0.25) is 0 Å². The summed E-state index contributed by atoms with van der Waals surface area (Å²) >= 11 is 6.80. The normalized spacial score (nSPS) is 12.4. The lowest BCUT2D eigenvalue weighted by Gasteiger charge is -2.20. The first-order valence-electron chi connectivity index (χ1n) is 7.03. The predicted molar refractivity (Wildman–Crippen MR) is 93.0 cm³/mol. The predicted octanol–water partition coefficient (Wildman–Crippen LogP) is 5.63. The van der Waals surface area contributed by atoms with Crippen LogP contribution in [0.15, 0.2) is 51.4 Å². The van der Waals surface area contributed by atoms with E-state index in [0.717, 1.165) is 27.5 Å². The van der Waals surface area contributed by atoms with Gasteiger partial charge in [0.05, 0.1) is 0 Å². The molecule has 0 aliphatic carbocycles. The minimum atomic E-state index is -0.164. The molecule has 0 amide bonds. The molecular formula is C17H18Br2FN. The molecule has 0 aliphatic rings. The van der Waals surface area contributed by atoms with E-state index >= 15 is 0 Å². The van der Waals surface area contributed by atoms with Gasteiger partial charge >= 0.3 is 0 Å². The molecule has 1 atom stereocenters. The van der Waals surface area contributed by atoms with Crippen LogP contribution in [0.4, 0.5) is 4.39 Å². The summed E-state index contributed by atoms with van der Waals surface area (Å²) in [5, 5.41) is 3.50. The first-order chi connectivity index (χ1) is 10.1. The second-order valence-electron chi connectivity index (χ2n) is 5.00. The Morgan fingerprint density at radius 3 is 2.52 bits per heavy atom. The van der Waals surface area contributed by atoms with Crippen molar-refractivity contribution < 1.29 is 4.39 Å². The zero-order chi connectivity index (χ0) is 15.2. The average Bonchev–Trinajstić information content (AvgIpc) is 2.45. The molecule has 2 aromatic rings. The average molecular weight is 415 g/mol. The zero-order valence-corrected chi connectivity index (χ0v) is 15.0. The highest BCUT2D eigenvalue weighted by molar-refractivity contribution is 9.10. The molecule has 2 rings (SSSR count). The van der Waals surface area contributed by atoms with Crippen LogP contribution in [0.1, 0.15) is 30.5 Å². The third-order valence-corrected chi connectivity index (χ3v) is 4.32. The van der Waals surface area contributed by atoms with Crippen molar-refractivity contribution in [3.63, 3.8) is 0 Å². The Labute approximate surface area is 142 Å². The highest BCUT2D eigenvalue weighted by atomic mass is 79.9. The summed E-state index contributed by atoms with van der Waals surface area (Å²) in [4.78, 5) is 0. The summed E-state index contributed by atoms with van der Waals surface area (Å²) in [7, 11) is 0. The van der Waals surface area contributed by atoms with E-state index in [-0.39, 0.29) is 11.9 Å². The van der Waals surface area contributed by atoms with E-state index in [1.165, 1.54) is 11.6 Å². The number of halogens is 3. The zero-order valence-electron chi connectivity index (χ0n) is 11.9. The van der Waals surface area contributed by atoms with E-state index in [0.29, 0.717) is 6.42 Å². The second-order valence-corrected chi connectivity index (χ2v) is 6.83. The van der Waals surface area contributed by atoms with Gasteiger partial charge < -0.3 is 5.32 Å². The fraction of sp³-hybridized carbons (Fsp3) is 0.294. The lowest BCUT2D eigenvalue weighted by Crippen LogP contribution is -2.24. The van der Waals surface area contributed by atoms with Crippen molar-refractivity contribution in [2.75, 3.05) is 6.54 Å². The van der Waals surface area contributed by atoms with Crippen LogP contribution in [0, 0.1) is 5.82 Å². The van der Waals surface area contributed by atoms with E-state index < -0.39 is 0 Å². The minimum absolute atomic E-state index is 0.109. The highest BCUT2D eigenvalue weighted by Crippen LogP contribution is 2.24. The number of hydrogen-bond donors (Lipinski definition) is 1. The van der Waals surface area contributed by atoms with E-state index in [9.17, 15) is 4.39 Å². The summed E-state index contributed by atoms with van der Waals surface area (Å²) < 4.78 is 15.9. The van der Waals surface area contributed by atoms with Gasteiger partial charge in [-0.15, -0.1) is 0 Å². The monoisotopic (exact) mass is 413 g/mol. The Morgan fingerprint density at radius 1 is 1.10 bits per heavy atom. The molecule has 0 aromatic heterocycles. The van der Waals surface area contributed by atoms with Crippen LogP contribution in [0.5, 0.6) is 0 Å². The summed E-state index contributed by atoms with van der Waals surface area (Å²) in [5.74, 6) is -0.164.